The Kier molecular flexibility index (Phi) is 2.50. The van der Waals surface area contributed by atoms with Gasteiger partial charge in [0.25, 0.3) is 0 Å². The second-order valence-corrected chi connectivity index (χ2v) is 4.62. The number of carboxylic acid groups (broad SMARTS) is 1. The maximum absolute atomic E-state index is 11.0. The summed E-state index contributed by atoms with van der Waals surface area (Å²) in [6, 6.07) is 0. The zero-order valence-electron chi connectivity index (χ0n) is 7.82. The van der Waals surface area contributed by atoms with E-state index in [2.05, 4.69) is 5.16 Å². The lowest BCUT2D eigenvalue weighted by atomic mass is 10.1. The minimum Gasteiger partial charge on any atom is -0.477 e. The van der Waals surface area contributed by atoms with E-state index in [0.29, 0.717) is 11.5 Å². The van der Waals surface area contributed by atoms with E-state index in [1.54, 1.807) is 18.7 Å². The summed E-state index contributed by atoms with van der Waals surface area (Å²) in [5.41, 5.74) is 0.726. The number of carboxylic acids is 1. The number of nitrogens with zero attached hydrogens (tertiary/aromatic N) is 1. The fourth-order valence-electron chi connectivity index (χ4n) is 1.65. The first-order chi connectivity index (χ1) is 6.70. The van der Waals surface area contributed by atoms with Gasteiger partial charge >= 0.3 is 5.97 Å². The highest BCUT2D eigenvalue weighted by molar-refractivity contribution is 7.99. The second-order valence-electron chi connectivity index (χ2n) is 3.31. The van der Waals surface area contributed by atoms with Gasteiger partial charge in [-0.2, -0.15) is 11.8 Å². The highest BCUT2D eigenvalue weighted by Gasteiger charge is 2.29. The van der Waals surface area contributed by atoms with Gasteiger partial charge in [-0.1, -0.05) is 5.16 Å². The topological polar surface area (TPSA) is 63.3 Å². The van der Waals surface area contributed by atoms with Crippen LogP contribution in [0.4, 0.5) is 0 Å². The molecule has 1 fully saturated rings. The average molecular weight is 213 g/mol. The molecule has 5 heteroatoms. The Morgan fingerprint density at radius 2 is 2.50 bits per heavy atom. The molecular weight excluding hydrogens is 202 g/mol. The van der Waals surface area contributed by atoms with Crippen molar-refractivity contribution in [3.63, 3.8) is 0 Å². The van der Waals surface area contributed by atoms with Gasteiger partial charge in [0.15, 0.2) is 5.76 Å². The van der Waals surface area contributed by atoms with Crippen LogP contribution in [-0.4, -0.2) is 22.0 Å². The van der Waals surface area contributed by atoms with Crippen LogP contribution in [0.25, 0.3) is 0 Å². The number of carbonyl (C=O) groups is 1. The normalized spacial score (nSPS) is 21.4. The van der Waals surface area contributed by atoms with E-state index in [9.17, 15) is 4.79 Å². The quantitative estimate of drug-likeness (QED) is 0.816. The molecule has 0 amide bonds. The van der Waals surface area contributed by atoms with E-state index in [-0.39, 0.29) is 10.8 Å². The average Bonchev–Trinajstić information content (AvgIpc) is 2.70. The van der Waals surface area contributed by atoms with Gasteiger partial charge < -0.3 is 9.63 Å². The van der Waals surface area contributed by atoms with Crippen LogP contribution in [0.1, 0.15) is 39.9 Å². The fourth-order valence-corrected chi connectivity index (χ4v) is 2.92. The number of rotatable bonds is 2. The Hall–Kier alpha value is -0.970. The largest absolute Gasteiger partial charge is 0.477 e. The van der Waals surface area contributed by atoms with Crippen molar-refractivity contribution < 1.29 is 14.4 Å². The molecule has 76 valence electrons. The zero-order valence-corrected chi connectivity index (χ0v) is 8.63. The van der Waals surface area contributed by atoms with Crippen molar-refractivity contribution in [1.29, 1.82) is 0 Å². The molecule has 14 heavy (non-hydrogen) atoms. The molecule has 1 aliphatic rings. The Balaban J connectivity index is 2.37. The lowest BCUT2D eigenvalue weighted by Gasteiger charge is -2.03. The van der Waals surface area contributed by atoms with Crippen LogP contribution in [0.3, 0.4) is 0 Å². The summed E-state index contributed by atoms with van der Waals surface area (Å²) in [7, 11) is 0. The Labute approximate surface area is 85.7 Å². The van der Waals surface area contributed by atoms with Crippen LogP contribution in [0, 0.1) is 6.92 Å². The molecule has 0 radical (unpaired) electrons. The van der Waals surface area contributed by atoms with E-state index < -0.39 is 5.97 Å². The summed E-state index contributed by atoms with van der Waals surface area (Å²) >= 11 is 1.74. The Morgan fingerprint density at radius 3 is 3.07 bits per heavy atom. The van der Waals surface area contributed by atoms with E-state index in [1.165, 1.54) is 0 Å². The molecule has 0 bridgehead atoms. The molecular formula is C9H11NO3S. The molecule has 1 saturated heterocycles. The Bertz CT molecular complexity index is 355. The summed E-state index contributed by atoms with van der Waals surface area (Å²) in [5.74, 6) is 0.674. The highest BCUT2D eigenvalue weighted by Crippen LogP contribution is 2.41. The third-order valence-corrected chi connectivity index (χ3v) is 3.70. The number of aryl methyl sites for hydroxylation is 1. The molecule has 1 aliphatic heterocycles. The summed E-state index contributed by atoms with van der Waals surface area (Å²) in [6.07, 6.45) is 2.10. The molecule has 2 rings (SSSR count). The third kappa shape index (κ3) is 1.52. The molecule has 1 aromatic rings. The predicted molar refractivity (Wildman–Crippen MR) is 52.6 cm³/mol. The molecule has 0 spiro atoms. The molecule has 1 N–H and O–H groups in total. The molecule has 0 saturated carbocycles. The second kappa shape index (κ2) is 3.65. The van der Waals surface area contributed by atoms with E-state index in [4.69, 9.17) is 9.63 Å². The van der Waals surface area contributed by atoms with Gasteiger partial charge in [-0.15, -0.1) is 0 Å². The molecule has 1 unspecified atom stereocenters. The summed E-state index contributed by atoms with van der Waals surface area (Å²) in [6.45, 7) is 1.66. The van der Waals surface area contributed by atoms with E-state index in [1.807, 2.05) is 0 Å². The first-order valence-corrected chi connectivity index (χ1v) is 5.56. The number of hydrogen-bond donors (Lipinski definition) is 1. The standard InChI is InChI=1S/C9H11NO3S/c1-5-7(9(11)12)8(13-10-5)6-3-2-4-14-6/h6H,2-4H2,1H3,(H,11,12). The minimum atomic E-state index is -0.939. The monoisotopic (exact) mass is 213 g/mol. The number of thioether (sulfide) groups is 1. The molecule has 0 aliphatic carbocycles. The molecule has 1 atom stereocenters. The summed E-state index contributed by atoms with van der Waals surface area (Å²) in [5, 5.41) is 12.9. The number of aromatic nitrogens is 1. The van der Waals surface area contributed by atoms with E-state index in [0.717, 1.165) is 18.6 Å². The van der Waals surface area contributed by atoms with Crippen LogP contribution in [0.2, 0.25) is 0 Å². The van der Waals surface area contributed by atoms with Crippen molar-refractivity contribution in [1.82, 2.24) is 5.16 Å². The number of hydrogen-bond acceptors (Lipinski definition) is 4. The van der Waals surface area contributed by atoms with E-state index >= 15 is 0 Å². The van der Waals surface area contributed by atoms with Gasteiger partial charge in [0, 0.05) is 0 Å². The predicted octanol–water partition coefficient (Wildman–Crippen LogP) is 2.25. The summed E-state index contributed by atoms with van der Waals surface area (Å²) in [4.78, 5) is 11.0. The fraction of sp³-hybridized carbons (Fsp3) is 0.556. The number of aromatic carboxylic acids is 1. The molecule has 1 aromatic heterocycles. The Morgan fingerprint density at radius 1 is 1.71 bits per heavy atom. The van der Waals surface area contributed by atoms with Gasteiger partial charge in [-0.05, 0) is 25.5 Å². The van der Waals surface area contributed by atoms with Crippen molar-refractivity contribution >= 4 is 17.7 Å². The smallest absolute Gasteiger partial charge is 0.341 e. The molecule has 2 heterocycles. The summed E-state index contributed by atoms with van der Waals surface area (Å²) < 4.78 is 5.09. The van der Waals surface area contributed by atoms with Crippen LogP contribution in [0.5, 0.6) is 0 Å². The van der Waals surface area contributed by atoms with Crippen molar-refractivity contribution in [3.05, 3.63) is 17.0 Å². The van der Waals surface area contributed by atoms with Gasteiger partial charge in [0.1, 0.15) is 5.56 Å². The van der Waals surface area contributed by atoms with Crippen LogP contribution >= 0.6 is 11.8 Å². The van der Waals surface area contributed by atoms with Gasteiger partial charge in [-0.3, -0.25) is 0 Å². The zero-order chi connectivity index (χ0) is 10.1. The van der Waals surface area contributed by atoms with Crippen molar-refractivity contribution in [2.24, 2.45) is 0 Å². The van der Waals surface area contributed by atoms with Crippen LogP contribution < -0.4 is 0 Å². The van der Waals surface area contributed by atoms with Crippen molar-refractivity contribution in [2.45, 2.75) is 25.0 Å². The highest BCUT2D eigenvalue weighted by atomic mass is 32.2. The molecule has 0 aromatic carbocycles. The van der Waals surface area contributed by atoms with Crippen LogP contribution in [-0.2, 0) is 0 Å². The van der Waals surface area contributed by atoms with Gasteiger partial charge in [-0.25, -0.2) is 4.79 Å². The third-order valence-electron chi connectivity index (χ3n) is 2.33. The van der Waals surface area contributed by atoms with Gasteiger partial charge in [0.2, 0.25) is 0 Å². The SMILES string of the molecule is Cc1noc(C2CCCS2)c1C(=O)O. The van der Waals surface area contributed by atoms with Crippen molar-refractivity contribution in [2.75, 3.05) is 5.75 Å². The lowest BCUT2D eigenvalue weighted by molar-refractivity contribution is 0.0693. The van der Waals surface area contributed by atoms with Crippen molar-refractivity contribution in [3.8, 4) is 0 Å². The van der Waals surface area contributed by atoms with Gasteiger partial charge in [0.05, 0.1) is 10.9 Å². The lowest BCUT2D eigenvalue weighted by Crippen LogP contribution is -2.02. The first-order valence-electron chi connectivity index (χ1n) is 4.51. The van der Waals surface area contributed by atoms with Crippen LogP contribution in [0.15, 0.2) is 4.52 Å². The maximum atomic E-state index is 11.0. The molecule has 4 nitrogen and oxygen atoms in total. The first kappa shape index (κ1) is 9.58. The maximum Gasteiger partial charge on any atom is 0.341 e. The minimum absolute atomic E-state index is 0.183.